The fraction of sp³-hybridized carbons (Fsp3) is 0.636. The largest absolute Gasteiger partial charge is 0.313 e. The first-order valence-corrected chi connectivity index (χ1v) is 4.97. The van der Waals surface area contributed by atoms with Gasteiger partial charge in [0.05, 0.1) is 0 Å². The summed E-state index contributed by atoms with van der Waals surface area (Å²) in [6.07, 6.45) is 6.20. The molecule has 0 heterocycles. The van der Waals surface area contributed by atoms with Crippen molar-refractivity contribution in [1.29, 1.82) is 0 Å². The van der Waals surface area contributed by atoms with Crippen molar-refractivity contribution in [1.82, 2.24) is 10.6 Å². The van der Waals surface area contributed by atoms with Crippen molar-refractivity contribution in [2.45, 2.75) is 25.8 Å². The second kappa shape index (κ2) is 9.49. The van der Waals surface area contributed by atoms with Crippen molar-refractivity contribution in [2.24, 2.45) is 0 Å². The minimum absolute atomic E-state index is 0.587. The Labute approximate surface area is 82.1 Å². The van der Waals surface area contributed by atoms with Crippen LogP contribution in [0, 0.1) is 0 Å². The molecule has 2 heteroatoms. The van der Waals surface area contributed by atoms with Crippen LogP contribution < -0.4 is 10.6 Å². The summed E-state index contributed by atoms with van der Waals surface area (Å²) >= 11 is 0. The molecule has 0 spiro atoms. The van der Waals surface area contributed by atoms with Crippen LogP contribution in [-0.4, -0.2) is 25.7 Å². The van der Waals surface area contributed by atoms with Crippen LogP contribution in [0.15, 0.2) is 25.3 Å². The lowest BCUT2D eigenvalue weighted by atomic mass is 10.2. The van der Waals surface area contributed by atoms with Crippen LogP contribution >= 0.6 is 0 Å². The summed E-state index contributed by atoms with van der Waals surface area (Å²) in [4.78, 5) is 0. The quantitative estimate of drug-likeness (QED) is 0.419. The van der Waals surface area contributed by atoms with Gasteiger partial charge in [-0.15, -0.1) is 13.2 Å². The lowest BCUT2D eigenvalue weighted by Gasteiger charge is -2.11. The second-order valence-electron chi connectivity index (χ2n) is 3.23. The lowest BCUT2D eigenvalue weighted by molar-refractivity contribution is 0.512. The summed E-state index contributed by atoms with van der Waals surface area (Å²) in [6, 6.07) is 0.587. The minimum Gasteiger partial charge on any atom is -0.313 e. The zero-order chi connectivity index (χ0) is 9.94. The molecule has 0 radical (unpaired) electrons. The van der Waals surface area contributed by atoms with E-state index in [0.717, 1.165) is 19.6 Å². The van der Waals surface area contributed by atoms with Crippen molar-refractivity contribution in [3.63, 3.8) is 0 Å². The van der Waals surface area contributed by atoms with Crippen LogP contribution in [0.5, 0.6) is 0 Å². The first kappa shape index (κ1) is 12.4. The highest BCUT2D eigenvalue weighted by Gasteiger charge is 1.97. The van der Waals surface area contributed by atoms with Gasteiger partial charge >= 0.3 is 0 Å². The van der Waals surface area contributed by atoms with Gasteiger partial charge in [-0.25, -0.2) is 0 Å². The SMILES string of the molecule is C=CCNCCCC(C)NCC=C. The Morgan fingerprint density at radius 1 is 1.23 bits per heavy atom. The van der Waals surface area contributed by atoms with Gasteiger partial charge in [-0.1, -0.05) is 12.2 Å². The molecule has 0 fully saturated rings. The standard InChI is InChI=1S/C11H22N2/c1-4-8-12-10-6-7-11(3)13-9-5-2/h4-5,11-13H,1-2,6-10H2,3H3. The van der Waals surface area contributed by atoms with Crippen LogP contribution in [0.4, 0.5) is 0 Å². The van der Waals surface area contributed by atoms with Crippen molar-refractivity contribution in [3.8, 4) is 0 Å². The van der Waals surface area contributed by atoms with Gasteiger partial charge in [-0.05, 0) is 26.3 Å². The Kier molecular flexibility index (Phi) is 9.05. The van der Waals surface area contributed by atoms with Gasteiger partial charge in [0, 0.05) is 19.1 Å². The fourth-order valence-corrected chi connectivity index (χ4v) is 1.12. The van der Waals surface area contributed by atoms with Gasteiger partial charge in [-0.3, -0.25) is 0 Å². The lowest BCUT2D eigenvalue weighted by Crippen LogP contribution is -2.27. The Morgan fingerprint density at radius 3 is 2.54 bits per heavy atom. The topological polar surface area (TPSA) is 24.1 Å². The molecule has 0 saturated heterocycles. The number of hydrogen-bond acceptors (Lipinski definition) is 2. The highest BCUT2D eigenvalue weighted by atomic mass is 14.9. The summed E-state index contributed by atoms with van der Waals surface area (Å²) in [5, 5.41) is 6.64. The van der Waals surface area contributed by atoms with E-state index in [1.54, 1.807) is 0 Å². The van der Waals surface area contributed by atoms with Gasteiger partial charge in [0.15, 0.2) is 0 Å². The van der Waals surface area contributed by atoms with E-state index in [1.807, 2.05) is 12.2 Å². The molecular formula is C11H22N2. The average Bonchev–Trinajstić information content (AvgIpc) is 2.14. The highest BCUT2D eigenvalue weighted by Crippen LogP contribution is 1.94. The molecule has 0 aliphatic carbocycles. The fourth-order valence-electron chi connectivity index (χ4n) is 1.12. The maximum absolute atomic E-state index is 3.67. The summed E-state index contributed by atoms with van der Waals surface area (Å²) in [5.74, 6) is 0. The van der Waals surface area contributed by atoms with E-state index in [-0.39, 0.29) is 0 Å². The van der Waals surface area contributed by atoms with Crippen molar-refractivity contribution >= 4 is 0 Å². The van der Waals surface area contributed by atoms with E-state index >= 15 is 0 Å². The molecule has 0 aromatic carbocycles. The molecule has 0 aliphatic rings. The van der Waals surface area contributed by atoms with Crippen LogP contribution in [0.2, 0.25) is 0 Å². The predicted octanol–water partition coefficient (Wildman–Crippen LogP) is 1.71. The maximum atomic E-state index is 3.67. The second-order valence-corrected chi connectivity index (χ2v) is 3.23. The summed E-state index contributed by atoms with van der Waals surface area (Å²) in [5.41, 5.74) is 0. The maximum Gasteiger partial charge on any atom is 0.0134 e. The Bertz CT molecular complexity index is 132. The molecule has 76 valence electrons. The molecule has 0 aliphatic heterocycles. The van der Waals surface area contributed by atoms with Gasteiger partial charge in [0.1, 0.15) is 0 Å². The first-order chi connectivity index (χ1) is 6.31. The van der Waals surface area contributed by atoms with Crippen molar-refractivity contribution in [3.05, 3.63) is 25.3 Å². The first-order valence-electron chi connectivity index (χ1n) is 4.97. The molecule has 13 heavy (non-hydrogen) atoms. The molecule has 0 amide bonds. The minimum atomic E-state index is 0.587. The van der Waals surface area contributed by atoms with E-state index < -0.39 is 0 Å². The van der Waals surface area contributed by atoms with Crippen LogP contribution in [-0.2, 0) is 0 Å². The van der Waals surface area contributed by atoms with E-state index in [1.165, 1.54) is 12.8 Å². The zero-order valence-corrected chi connectivity index (χ0v) is 8.68. The monoisotopic (exact) mass is 182 g/mol. The molecule has 0 rings (SSSR count). The molecule has 0 aromatic rings. The summed E-state index contributed by atoms with van der Waals surface area (Å²) in [6.45, 7) is 12.4. The van der Waals surface area contributed by atoms with Crippen molar-refractivity contribution < 1.29 is 0 Å². The number of hydrogen-bond donors (Lipinski definition) is 2. The molecule has 1 unspecified atom stereocenters. The Morgan fingerprint density at radius 2 is 1.92 bits per heavy atom. The zero-order valence-electron chi connectivity index (χ0n) is 8.68. The van der Waals surface area contributed by atoms with E-state index in [0.29, 0.717) is 6.04 Å². The molecule has 1 atom stereocenters. The Balaban J connectivity index is 3.11. The predicted molar refractivity (Wildman–Crippen MR) is 60.0 cm³/mol. The number of nitrogens with one attached hydrogen (secondary N) is 2. The van der Waals surface area contributed by atoms with Gasteiger partial charge < -0.3 is 10.6 Å². The molecule has 2 N–H and O–H groups in total. The number of rotatable bonds is 9. The average molecular weight is 182 g/mol. The van der Waals surface area contributed by atoms with Gasteiger partial charge in [0.2, 0.25) is 0 Å². The molecule has 0 aromatic heterocycles. The van der Waals surface area contributed by atoms with Gasteiger partial charge in [-0.2, -0.15) is 0 Å². The van der Waals surface area contributed by atoms with Crippen LogP contribution in [0.3, 0.4) is 0 Å². The van der Waals surface area contributed by atoms with Crippen LogP contribution in [0.25, 0.3) is 0 Å². The van der Waals surface area contributed by atoms with E-state index in [2.05, 4.69) is 30.7 Å². The normalized spacial score (nSPS) is 12.4. The molecular weight excluding hydrogens is 160 g/mol. The van der Waals surface area contributed by atoms with Crippen LogP contribution in [0.1, 0.15) is 19.8 Å². The van der Waals surface area contributed by atoms with E-state index in [4.69, 9.17) is 0 Å². The molecule has 0 bridgehead atoms. The third kappa shape index (κ3) is 9.31. The molecule has 0 saturated carbocycles. The smallest absolute Gasteiger partial charge is 0.0134 e. The summed E-state index contributed by atoms with van der Waals surface area (Å²) < 4.78 is 0. The highest BCUT2D eigenvalue weighted by molar-refractivity contribution is 4.73. The van der Waals surface area contributed by atoms with Crippen molar-refractivity contribution in [2.75, 3.05) is 19.6 Å². The third-order valence-corrected chi connectivity index (χ3v) is 1.89. The summed E-state index contributed by atoms with van der Waals surface area (Å²) in [7, 11) is 0. The third-order valence-electron chi connectivity index (χ3n) is 1.89. The Hall–Kier alpha value is -0.600. The molecule has 2 nitrogen and oxygen atoms in total. The van der Waals surface area contributed by atoms with E-state index in [9.17, 15) is 0 Å². The van der Waals surface area contributed by atoms with Gasteiger partial charge in [0.25, 0.3) is 0 Å².